The molecule has 2 amide bonds. The summed E-state index contributed by atoms with van der Waals surface area (Å²) in [5.41, 5.74) is 0. The van der Waals surface area contributed by atoms with Gasteiger partial charge in [0.25, 0.3) is 0 Å². The Morgan fingerprint density at radius 2 is 1.50 bits per heavy atom. The molecule has 0 atom stereocenters. The van der Waals surface area contributed by atoms with Crippen LogP contribution < -0.4 is 0 Å². The van der Waals surface area contributed by atoms with Crippen molar-refractivity contribution in [1.82, 2.24) is 9.80 Å². The third kappa shape index (κ3) is 3.54. The molecule has 0 aromatic rings. The molecule has 0 saturated heterocycles. The molecule has 0 saturated carbocycles. The van der Waals surface area contributed by atoms with Crippen LogP contribution in [0.25, 0.3) is 0 Å². The van der Waals surface area contributed by atoms with Gasteiger partial charge in [-0.3, -0.25) is 9.59 Å². The van der Waals surface area contributed by atoms with Crippen LogP contribution in [0.4, 0.5) is 22.0 Å². The van der Waals surface area contributed by atoms with Crippen LogP contribution in [0.1, 0.15) is 6.92 Å². The van der Waals surface area contributed by atoms with E-state index in [1.165, 1.54) is 21.0 Å². The Kier molecular flexibility index (Phi) is 5.06. The number of hydrogen-bond donors (Lipinski definition) is 0. The highest BCUT2D eigenvalue weighted by atomic mass is 19.4. The van der Waals surface area contributed by atoms with E-state index in [9.17, 15) is 31.5 Å². The minimum Gasteiger partial charge on any atom is -0.347 e. The maximum Gasteiger partial charge on any atom is 0.463 e. The Morgan fingerprint density at radius 3 is 1.78 bits per heavy atom. The molecule has 0 aliphatic heterocycles. The smallest absolute Gasteiger partial charge is 0.347 e. The maximum absolute atomic E-state index is 12.8. The highest BCUT2D eigenvalue weighted by Gasteiger charge is 2.64. The summed E-state index contributed by atoms with van der Waals surface area (Å²) < 4.78 is 61.5. The van der Waals surface area contributed by atoms with Gasteiger partial charge in [-0.15, -0.1) is 0 Å². The van der Waals surface area contributed by atoms with E-state index in [1.807, 2.05) is 0 Å². The van der Waals surface area contributed by atoms with Gasteiger partial charge in [-0.25, -0.2) is 0 Å². The Balaban J connectivity index is 4.99. The summed E-state index contributed by atoms with van der Waals surface area (Å²) in [5.74, 6) is -8.66. The van der Waals surface area contributed by atoms with Crippen molar-refractivity contribution in [2.75, 3.05) is 27.2 Å². The van der Waals surface area contributed by atoms with Crippen molar-refractivity contribution in [3.05, 3.63) is 0 Å². The molecule has 0 spiro atoms. The van der Waals surface area contributed by atoms with Gasteiger partial charge in [-0.1, -0.05) is 0 Å². The number of nitrogens with zero attached hydrogens (tertiary/aromatic N) is 2. The third-order valence-electron chi connectivity index (χ3n) is 2.12. The van der Waals surface area contributed by atoms with Crippen molar-refractivity contribution < 1.29 is 31.5 Å². The van der Waals surface area contributed by atoms with Crippen LogP contribution in [-0.2, 0) is 9.59 Å². The first-order valence-electron chi connectivity index (χ1n) is 4.89. The van der Waals surface area contributed by atoms with E-state index in [-0.39, 0.29) is 4.90 Å². The first-order valence-corrected chi connectivity index (χ1v) is 4.89. The predicted octanol–water partition coefficient (Wildman–Crippen LogP) is 1.12. The molecular formula is C9H13F5N2O2. The second-order valence-corrected chi connectivity index (χ2v) is 3.68. The Morgan fingerprint density at radius 1 is 1.06 bits per heavy atom. The minimum atomic E-state index is -5.97. The number of halogens is 5. The third-order valence-corrected chi connectivity index (χ3v) is 2.12. The molecule has 0 aliphatic rings. The largest absolute Gasteiger partial charge is 0.463 e. The van der Waals surface area contributed by atoms with E-state index in [2.05, 4.69) is 0 Å². The number of hydrogen-bond acceptors (Lipinski definition) is 2. The molecule has 0 unspecified atom stereocenters. The molecule has 0 aromatic carbocycles. The van der Waals surface area contributed by atoms with Crippen LogP contribution in [0.3, 0.4) is 0 Å². The average Bonchev–Trinajstić information content (AvgIpc) is 2.22. The van der Waals surface area contributed by atoms with Gasteiger partial charge < -0.3 is 9.80 Å². The molecule has 106 valence electrons. The predicted molar refractivity (Wildman–Crippen MR) is 52.0 cm³/mol. The quantitative estimate of drug-likeness (QED) is 0.722. The molecule has 0 fully saturated rings. The first-order chi connectivity index (χ1) is 7.95. The zero-order chi connectivity index (χ0) is 14.7. The minimum absolute atomic E-state index is 0.163. The molecule has 0 N–H and O–H groups in total. The van der Waals surface area contributed by atoms with Crippen molar-refractivity contribution in [1.29, 1.82) is 0 Å². The van der Waals surface area contributed by atoms with Crippen molar-refractivity contribution in [2.24, 2.45) is 0 Å². The van der Waals surface area contributed by atoms with E-state index in [1.54, 1.807) is 0 Å². The summed E-state index contributed by atoms with van der Waals surface area (Å²) in [4.78, 5) is 23.4. The second-order valence-electron chi connectivity index (χ2n) is 3.68. The molecule has 0 radical (unpaired) electrons. The van der Waals surface area contributed by atoms with Crippen molar-refractivity contribution in [3.63, 3.8) is 0 Å². The van der Waals surface area contributed by atoms with Gasteiger partial charge in [0.2, 0.25) is 5.91 Å². The van der Waals surface area contributed by atoms with Gasteiger partial charge in [0.15, 0.2) is 0 Å². The normalized spacial score (nSPS) is 12.2. The Labute approximate surface area is 100 Å². The van der Waals surface area contributed by atoms with E-state index < -0.39 is 37.0 Å². The fourth-order valence-corrected chi connectivity index (χ4v) is 0.952. The van der Waals surface area contributed by atoms with Crippen LogP contribution in [-0.4, -0.2) is 60.9 Å². The Hall–Kier alpha value is -1.41. The van der Waals surface area contributed by atoms with Gasteiger partial charge in [-0.2, -0.15) is 22.0 Å². The van der Waals surface area contributed by atoms with Crippen LogP contribution >= 0.6 is 0 Å². The lowest BCUT2D eigenvalue weighted by Gasteiger charge is -2.27. The molecular weight excluding hydrogens is 263 g/mol. The molecule has 0 aliphatic carbocycles. The highest BCUT2D eigenvalue weighted by Crippen LogP contribution is 2.36. The van der Waals surface area contributed by atoms with Gasteiger partial charge in [0, 0.05) is 20.6 Å². The second kappa shape index (κ2) is 5.49. The molecule has 9 heteroatoms. The summed E-state index contributed by atoms with van der Waals surface area (Å²) in [7, 11) is 2.59. The van der Waals surface area contributed by atoms with Crippen molar-refractivity contribution >= 4 is 11.8 Å². The summed E-state index contributed by atoms with van der Waals surface area (Å²) in [5, 5.41) is 0. The summed E-state index contributed by atoms with van der Waals surface area (Å²) >= 11 is 0. The van der Waals surface area contributed by atoms with Crippen LogP contribution in [0.2, 0.25) is 0 Å². The number of rotatable bonds is 4. The molecule has 18 heavy (non-hydrogen) atoms. The topological polar surface area (TPSA) is 40.6 Å². The Bertz CT molecular complexity index is 327. The molecule has 0 bridgehead atoms. The highest BCUT2D eigenvalue weighted by molar-refractivity contribution is 5.89. The average molecular weight is 276 g/mol. The van der Waals surface area contributed by atoms with Gasteiger partial charge >= 0.3 is 18.0 Å². The number of likely N-dealkylation sites (N-methyl/N-ethyl adjacent to an activating group) is 2. The summed E-state index contributed by atoms with van der Waals surface area (Å²) in [6.45, 7) is -0.0502. The van der Waals surface area contributed by atoms with Crippen molar-refractivity contribution in [3.8, 4) is 0 Å². The van der Waals surface area contributed by atoms with Gasteiger partial charge in [0.05, 0.1) is 6.54 Å². The monoisotopic (exact) mass is 276 g/mol. The van der Waals surface area contributed by atoms with E-state index in [0.717, 1.165) is 4.90 Å². The van der Waals surface area contributed by atoms with Gasteiger partial charge in [0.1, 0.15) is 0 Å². The van der Waals surface area contributed by atoms with Crippen LogP contribution in [0.15, 0.2) is 0 Å². The lowest BCUT2D eigenvalue weighted by Crippen LogP contribution is -2.54. The molecule has 4 nitrogen and oxygen atoms in total. The van der Waals surface area contributed by atoms with Crippen LogP contribution in [0, 0.1) is 0 Å². The lowest BCUT2D eigenvalue weighted by atomic mass is 10.2. The maximum atomic E-state index is 12.8. The van der Waals surface area contributed by atoms with Gasteiger partial charge in [-0.05, 0) is 6.92 Å². The SMILES string of the molecule is CCN(CC(=O)N(C)C)C(=O)C(F)(F)C(F)(F)F. The summed E-state index contributed by atoms with van der Waals surface area (Å²) in [6.07, 6.45) is -5.97. The standard InChI is InChI=1S/C9H13F5N2O2/c1-4-16(5-6(17)15(2)3)7(18)8(10,11)9(12,13)14/h4-5H2,1-3H3. The van der Waals surface area contributed by atoms with Crippen LogP contribution in [0.5, 0.6) is 0 Å². The number of carbonyl (C=O) groups is 2. The number of alkyl halides is 5. The van der Waals surface area contributed by atoms with Crippen molar-refractivity contribution in [2.45, 2.75) is 19.0 Å². The zero-order valence-corrected chi connectivity index (χ0v) is 10.0. The fraction of sp³-hybridized carbons (Fsp3) is 0.778. The number of carbonyl (C=O) groups excluding carboxylic acids is 2. The first kappa shape index (κ1) is 16.6. The van der Waals surface area contributed by atoms with E-state index in [4.69, 9.17) is 0 Å². The molecule has 0 aromatic heterocycles. The number of amides is 2. The zero-order valence-electron chi connectivity index (χ0n) is 10.0. The summed E-state index contributed by atoms with van der Waals surface area (Å²) in [6, 6.07) is 0. The van der Waals surface area contributed by atoms with E-state index >= 15 is 0 Å². The fourth-order valence-electron chi connectivity index (χ4n) is 0.952. The molecule has 0 rings (SSSR count). The van der Waals surface area contributed by atoms with E-state index in [0.29, 0.717) is 0 Å². The lowest BCUT2D eigenvalue weighted by molar-refractivity contribution is -0.274. The molecule has 0 heterocycles.